The van der Waals surface area contributed by atoms with E-state index in [1.165, 1.54) is 37.0 Å². The van der Waals surface area contributed by atoms with E-state index in [9.17, 15) is 4.79 Å². The third kappa shape index (κ3) is 2.68. The first-order chi connectivity index (χ1) is 9.15. The molecular formula is C13H20N4OS. The number of carbonyl (C=O) groups excluding carboxylic acids is 1. The minimum absolute atomic E-state index is 0.0696. The number of thiazole rings is 1. The van der Waals surface area contributed by atoms with Gasteiger partial charge in [-0.2, -0.15) is 0 Å². The quantitative estimate of drug-likeness (QED) is 0.883. The number of nitrogens with two attached hydrogens (primary N) is 1. The number of nitrogens with one attached hydrogen (secondary N) is 1. The number of aromatic nitrogens is 1. The molecule has 0 aromatic carbocycles. The summed E-state index contributed by atoms with van der Waals surface area (Å²) in [5, 5.41) is 3.92. The van der Waals surface area contributed by atoms with Crippen LogP contribution in [0.4, 0.5) is 10.9 Å². The van der Waals surface area contributed by atoms with Crippen molar-refractivity contribution < 1.29 is 4.79 Å². The molecular weight excluding hydrogens is 260 g/mol. The fourth-order valence-corrected chi connectivity index (χ4v) is 3.45. The predicted octanol–water partition coefficient (Wildman–Crippen LogP) is 1.85. The summed E-state index contributed by atoms with van der Waals surface area (Å²) in [6, 6.07) is 0.240. The Labute approximate surface area is 117 Å². The zero-order valence-electron chi connectivity index (χ0n) is 11.2. The molecule has 6 heteroatoms. The smallest absolute Gasteiger partial charge is 0.265 e. The first-order valence-electron chi connectivity index (χ1n) is 6.97. The molecule has 1 amide bonds. The van der Waals surface area contributed by atoms with Crippen molar-refractivity contribution in [3.8, 4) is 0 Å². The number of nitrogen functional groups attached to an aromatic ring is 1. The highest BCUT2D eigenvalue weighted by atomic mass is 32.1. The van der Waals surface area contributed by atoms with Gasteiger partial charge in [0.05, 0.1) is 0 Å². The van der Waals surface area contributed by atoms with Crippen molar-refractivity contribution in [1.29, 1.82) is 0 Å². The first kappa shape index (κ1) is 12.7. The molecule has 19 heavy (non-hydrogen) atoms. The summed E-state index contributed by atoms with van der Waals surface area (Å²) >= 11 is 1.42. The number of amides is 1. The Morgan fingerprint density at radius 2 is 2.16 bits per heavy atom. The molecule has 1 saturated heterocycles. The van der Waals surface area contributed by atoms with E-state index in [1.54, 1.807) is 0 Å². The van der Waals surface area contributed by atoms with Gasteiger partial charge < -0.3 is 16.0 Å². The lowest BCUT2D eigenvalue weighted by Crippen LogP contribution is -2.33. The van der Waals surface area contributed by atoms with Gasteiger partial charge >= 0.3 is 0 Å². The van der Waals surface area contributed by atoms with Gasteiger partial charge in [0.1, 0.15) is 10.7 Å². The maximum atomic E-state index is 12.2. The normalized spacial score (nSPS) is 20.6. The van der Waals surface area contributed by atoms with Gasteiger partial charge in [-0.15, -0.1) is 0 Å². The zero-order chi connectivity index (χ0) is 13.4. The average Bonchev–Trinajstić information content (AvgIpc) is 2.94. The van der Waals surface area contributed by atoms with E-state index in [1.807, 2.05) is 0 Å². The number of carbonyl (C=O) groups is 1. The van der Waals surface area contributed by atoms with Crippen LogP contribution < -0.4 is 16.0 Å². The van der Waals surface area contributed by atoms with Crippen LogP contribution in [0.2, 0.25) is 0 Å². The molecule has 2 fully saturated rings. The number of hydrogen-bond donors (Lipinski definition) is 2. The first-order valence-corrected chi connectivity index (χ1v) is 7.79. The lowest BCUT2D eigenvalue weighted by atomic mass is 10.2. The number of rotatable bonds is 4. The summed E-state index contributed by atoms with van der Waals surface area (Å²) in [7, 11) is 0. The summed E-state index contributed by atoms with van der Waals surface area (Å²) in [4.78, 5) is 19.3. The van der Waals surface area contributed by atoms with Gasteiger partial charge in [0.15, 0.2) is 5.13 Å². The second-order valence-corrected chi connectivity index (χ2v) is 6.48. The molecule has 0 spiro atoms. The molecule has 1 aliphatic carbocycles. The largest absolute Gasteiger partial charge is 0.382 e. The second-order valence-electron chi connectivity index (χ2n) is 5.50. The molecule has 1 saturated carbocycles. The highest BCUT2D eigenvalue weighted by molar-refractivity contribution is 7.18. The maximum Gasteiger partial charge on any atom is 0.265 e. The SMILES string of the molecule is CC(NC(=O)c1sc(N2CCCC2)nc1N)C1CC1. The zero-order valence-corrected chi connectivity index (χ0v) is 12.0. The summed E-state index contributed by atoms with van der Waals surface area (Å²) in [5.74, 6) is 0.948. The highest BCUT2D eigenvalue weighted by Gasteiger charge is 2.30. The van der Waals surface area contributed by atoms with Crippen LogP contribution in [0, 0.1) is 5.92 Å². The Morgan fingerprint density at radius 3 is 2.79 bits per heavy atom. The molecule has 3 rings (SSSR count). The van der Waals surface area contributed by atoms with Crippen molar-refractivity contribution in [2.24, 2.45) is 5.92 Å². The van der Waals surface area contributed by atoms with Crippen LogP contribution in [0.15, 0.2) is 0 Å². The van der Waals surface area contributed by atoms with Crippen LogP contribution in [0.3, 0.4) is 0 Å². The van der Waals surface area contributed by atoms with Crippen LogP contribution in [0.5, 0.6) is 0 Å². The lowest BCUT2D eigenvalue weighted by Gasteiger charge is -2.12. The van der Waals surface area contributed by atoms with Gasteiger partial charge in [-0.05, 0) is 38.5 Å². The monoisotopic (exact) mass is 280 g/mol. The van der Waals surface area contributed by atoms with Crippen molar-refractivity contribution in [2.45, 2.75) is 38.6 Å². The van der Waals surface area contributed by atoms with Crippen molar-refractivity contribution in [3.05, 3.63) is 4.88 Å². The molecule has 5 nitrogen and oxygen atoms in total. The third-order valence-corrected chi connectivity index (χ3v) is 5.04. The Balaban J connectivity index is 1.70. The van der Waals surface area contributed by atoms with Gasteiger partial charge in [-0.1, -0.05) is 11.3 Å². The summed E-state index contributed by atoms with van der Waals surface area (Å²) in [6.45, 7) is 4.10. The Kier molecular flexibility index (Phi) is 3.35. The van der Waals surface area contributed by atoms with E-state index in [-0.39, 0.29) is 11.9 Å². The van der Waals surface area contributed by atoms with Crippen LogP contribution in [-0.4, -0.2) is 30.0 Å². The molecule has 1 unspecified atom stereocenters. The fourth-order valence-electron chi connectivity index (χ4n) is 2.51. The van der Waals surface area contributed by atoms with Crippen molar-refractivity contribution >= 4 is 28.2 Å². The molecule has 2 heterocycles. The molecule has 104 valence electrons. The van der Waals surface area contributed by atoms with E-state index in [2.05, 4.69) is 22.1 Å². The minimum Gasteiger partial charge on any atom is -0.382 e. The third-order valence-electron chi connectivity index (χ3n) is 3.91. The minimum atomic E-state index is -0.0696. The summed E-state index contributed by atoms with van der Waals surface area (Å²) in [5.41, 5.74) is 5.89. The molecule has 0 radical (unpaired) electrons. The molecule has 0 bridgehead atoms. The van der Waals surface area contributed by atoms with E-state index in [4.69, 9.17) is 5.73 Å². The highest BCUT2D eigenvalue weighted by Crippen LogP contribution is 2.34. The Bertz CT molecular complexity index is 477. The average molecular weight is 280 g/mol. The predicted molar refractivity (Wildman–Crippen MR) is 77.6 cm³/mol. The maximum absolute atomic E-state index is 12.2. The van der Waals surface area contributed by atoms with Crippen molar-refractivity contribution in [3.63, 3.8) is 0 Å². The fraction of sp³-hybridized carbons (Fsp3) is 0.692. The van der Waals surface area contributed by atoms with Gasteiger partial charge in [0, 0.05) is 19.1 Å². The molecule has 1 atom stereocenters. The van der Waals surface area contributed by atoms with E-state index in [0.29, 0.717) is 16.6 Å². The van der Waals surface area contributed by atoms with Crippen LogP contribution in [0.25, 0.3) is 0 Å². The topological polar surface area (TPSA) is 71.2 Å². The van der Waals surface area contributed by atoms with Crippen LogP contribution >= 0.6 is 11.3 Å². The molecule has 3 N–H and O–H groups in total. The van der Waals surface area contributed by atoms with Gasteiger partial charge in [-0.3, -0.25) is 4.79 Å². The van der Waals surface area contributed by atoms with E-state index < -0.39 is 0 Å². The molecule has 1 aliphatic heterocycles. The number of hydrogen-bond acceptors (Lipinski definition) is 5. The lowest BCUT2D eigenvalue weighted by molar-refractivity contribution is 0.0940. The summed E-state index contributed by atoms with van der Waals surface area (Å²) in [6.07, 6.45) is 4.83. The molecule has 2 aliphatic rings. The van der Waals surface area contributed by atoms with Crippen LogP contribution in [-0.2, 0) is 0 Å². The summed E-state index contributed by atoms with van der Waals surface area (Å²) < 4.78 is 0. The van der Waals surface area contributed by atoms with Gasteiger partial charge in [0.2, 0.25) is 0 Å². The Hall–Kier alpha value is -1.30. The van der Waals surface area contributed by atoms with E-state index in [0.717, 1.165) is 18.2 Å². The number of nitrogens with zero attached hydrogens (tertiary/aromatic N) is 2. The van der Waals surface area contributed by atoms with Gasteiger partial charge in [-0.25, -0.2) is 4.98 Å². The van der Waals surface area contributed by atoms with E-state index >= 15 is 0 Å². The molecule has 1 aromatic heterocycles. The van der Waals surface area contributed by atoms with Gasteiger partial charge in [0.25, 0.3) is 5.91 Å². The standard InChI is InChI=1S/C13H20N4OS/c1-8(9-4-5-9)15-12(18)10-11(14)16-13(19-10)17-6-2-3-7-17/h8-9H,2-7,14H2,1H3,(H,15,18). The Morgan fingerprint density at radius 1 is 1.47 bits per heavy atom. The molecule has 1 aromatic rings. The second kappa shape index (κ2) is 5.00. The van der Waals surface area contributed by atoms with Crippen molar-refractivity contribution in [2.75, 3.05) is 23.7 Å². The van der Waals surface area contributed by atoms with Crippen molar-refractivity contribution in [1.82, 2.24) is 10.3 Å². The van der Waals surface area contributed by atoms with Crippen LogP contribution in [0.1, 0.15) is 42.3 Å². The number of anilines is 2.